The van der Waals surface area contributed by atoms with Gasteiger partial charge in [0.1, 0.15) is 5.40 Å². The summed E-state index contributed by atoms with van der Waals surface area (Å²) in [6.45, 7) is 0. The molecule has 1 N–H and O–H groups in total. The Balaban J connectivity index is 2.63. The molecule has 1 aromatic heterocycles. The molecule has 4 heteroatoms. The van der Waals surface area contributed by atoms with E-state index in [2.05, 4.69) is 4.98 Å². The normalized spacial score (nSPS) is 10.2. The van der Waals surface area contributed by atoms with Gasteiger partial charge in [0.25, 0.3) is 0 Å². The van der Waals surface area contributed by atoms with Crippen LogP contribution in [0, 0.1) is 10.7 Å². The number of thioether (sulfide) groups is 1. The van der Waals surface area contributed by atoms with Crippen molar-refractivity contribution >= 4 is 34.3 Å². The standard InChI is InChI=1S/C9H5ClN2S/c10-6-1-2-7-8(3-6)12-4-9(7)13-5-11/h1-4,12H. The minimum absolute atomic E-state index is 0.697. The largest absolute Gasteiger partial charge is 0.360 e. The van der Waals surface area contributed by atoms with Gasteiger partial charge in [-0.15, -0.1) is 0 Å². The van der Waals surface area contributed by atoms with Crippen LogP contribution in [-0.4, -0.2) is 4.98 Å². The quantitative estimate of drug-likeness (QED) is 0.576. The van der Waals surface area contributed by atoms with Gasteiger partial charge < -0.3 is 4.98 Å². The second-order valence-corrected chi connectivity index (χ2v) is 3.80. The van der Waals surface area contributed by atoms with Crippen molar-refractivity contribution in [3.63, 3.8) is 0 Å². The summed E-state index contributed by atoms with van der Waals surface area (Å²) < 4.78 is 0. The van der Waals surface area contributed by atoms with E-state index in [1.807, 2.05) is 29.8 Å². The van der Waals surface area contributed by atoms with E-state index in [4.69, 9.17) is 16.9 Å². The number of nitrogens with zero attached hydrogens (tertiary/aromatic N) is 1. The molecule has 0 fully saturated rings. The molecule has 0 amide bonds. The van der Waals surface area contributed by atoms with E-state index in [1.54, 1.807) is 0 Å². The van der Waals surface area contributed by atoms with Crippen LogP contribution in [0.5, 0.6) is 0 Å². The summed E-state index contributed by atoms with van der Waals surface area (Å²) in [4.78, 5) is 4.00. The van der Waals surface area contributed by atoms with E-state index >= 15 is 0 Å². The summed E-state index contributed by atoms with van der Waals surface area (Å²) in [5.41, 5.74) is 0.963. The molecule has 0 atom stereocenters. The molecule has 0 radical (unpaired) electrons. The Hall–Kier alpha value is -1.11. The number of benzene rings is 1. The van der Waals surface area contributed by atoms with E-state index in [9.17, 15) is 0 Å². The van der Waals surface area contributed by atoms with Crippen molar-refractivity contribution in [2.45, 2.75) is 4.90 Å². The predicted molar refractivity (Wildman–Crippen MR) is 54.8 cm³/mol. The van der Waals surface area contributed by atoms with Crippen LogP contribution >= 0.6 is 23.4 Å². The van der Waals surface area contributed by atoms with Crippen LogP contribution in [0.15, 0.2) is 29.3 Å². The fraction of sp³-hybridized carbons (Fsp3) is 0. The number of hydrogen-bond acceptors (Lipinski definition) is 2. The predicted octanol–water partition coefficient (Wildman–Crippen LogP) is 3.39. The number of nitrogens with one attached hydrogen (secondary N) is 1. The number of thiocyanates is 1. The molecule has 0 saturated heterocycles. The highest BCUT2D eigenvalue weighted by Crippen LogP contribution is 2.28. The summed E-state index contributed by atoms with van der Waals surface area (Å²) >= 11 is 6.96. The van der Waals surface area contributed by atoms with Gasteiger partial charge in [0.15, 0.2) is 0 Å². The summed E-state index contributed by atoms with van der Waals surface area (Å²) in [6, 6.07) is 5.57. The molecule has 0 saturated carbocycles. The molecule has 64 valence electrons. The molecular weight excluding hydrogens is 204 g/mol. The highest BCUT2D eigenvalue weighted by atomic mass is 35.5. The SMILES string of the molecule is N#CSc1c[nH]c2cc(Cl)ccc12. The average molecular weight is 209 g/mol. The van der Waals surface area contributed by atoms with Gasteiger partial charge in [-0.05, 0) is 23.9 Å². The first-order valence-corrected chi connectivity index (χ1v) is 4.83. The van der Waals surface area contributed by atoms with E-state index in [0.29, 0.717) is 5.02 Å². The number of rotatable bonds is 1. The van der Waals surface area contributed by atoms with Gasteiger partial charge in [0.2, 0.25) is 0 Å². The van der Waals surface area contributed by atoms with E-state index < -0.39 is 0 Å². The fourth-order valence-corrected chi connectivity index (χ4v) is 1.88. The van der Waals surface area contributed by atoms with Gasteiger partial charge in [-0.2, -0.15) is 5.26 Å². The zero-order chi connectivity index (χ0) is 9.26. The maximum Gasteiger partial charge on any atom is 0.138 e. The van der Waals surface area contributed by atoms with Crippen LogP contribution in [-0.2, 0) is 0 Å². The van der Waals surface area contributed by atoms with Gasteiger partial charge in [0.05, 0.1) is 0 Å². The first-order chi connectivity index (χ1) is 6.31. The summed E-state index contributed by atoms with van der Waals surface area (Å²) in [5.74, 6) is 0. The highest BCUT2D eigenvalue weighted by molar-refractivity contribution is 8.04. The maximum absolute atomic E-state index is 8.53. The third-order valence-electron chi connectivity index (χ3n) is 1.76. The molecule has 0 spiro atoms. The topological polar surface area (TPSA) is 39.6 Å². The fourth-order valence-electron chi connectivity index (χ4n) is 1.21. The minimum Gasteiger partial charge on any atom is -0.360 e. The zero-order valence-electron chi connectivity index (χ0n) is 6.54. The molecule has 0 aliphatic carbocycles. The molecule has 0 unspecified atom stereocenters. The molecule has 2 aromatic rings. The number of nitriles is 1. The van der Waals surface area contributed by atoms with Crippen molar-refractivity contribution in [2.75, 3.05) is 0 Å². The van der Waals surface area contributed by atoms with Crippen LogP contribution in [0.4, 0.5) is 0 Å². The van der Waals surface area contributed by atoms with Crippen molar-refractivity contribution in [3.8, 4) is 5.40 Å². The van der Waals surface area contributed by atoms with E-state index in [-0.39, 0.29) is 0 Å². The summed E-state index contributed by atoms with van der Waals surface area (Å²) in [5, 5.41) is 12.3. The van der Waals surface area contributed by atoms with Crippen molar-refractivity contribution in [2.24, 2.45) is 0 Å². The van der Waals surface area contributed by atoms with Crippen LogP contribution < -0.4 is 0 Å². The highest BCUT2D eigenvalue weighted by Gasteiger charge is 2.03. The van der Waals surface area contributed by atoms with Crippen molar-refractivity contribution in [3.05, 3.63) is 29.4 Å². The van der Waals surface area contributed by atoms with Gasteiger partial charge in [-0.3, -0.25) is 0 Å². The third-order valence-corrected chi connectivity index (χ3v) is 2.65. The second kappa shape index (κ2) is 3.33. The number of fused-ring (bicyclic) bond motifs is 1. The van der Waals surface area contributed by atoms with E-state index in [0.717, 1.165) is 27.6 Å². The molecule has 2 rings (SSSR count). The Bertz CT molecular complexity index is 484. The lowest BCUT2D eigenvalue weighted by atomic mass is 10.2. The van der Waals surface area contributed by atoms with Gasteiger partial charge in [-0.25, -0.2) is 0 Å². The van der Waals surface area contributed by atoms with Gasteiger partial charge in [0, 0.05) is 27.0 Å². The molecule has 2 nitrogen and oxygen atoms in total. The molecular formula is C9H5ClN2S. The first kappa shape index (κ1) is 8.49. The average Bonchev–Trinajstić information content (AvgIpc) is 2.49. The Labute approximate surface area is 84.5 Å². The first-order valence-electron chi connectivity index (χ1n) is 3.64. The summed E-state index contributed by atoms with van der Waals surface area (Å²) in [7, 11) is 0. The summed E-state index contributed by atoms with van der Waals surface area (Å²) in [6.07, 6.45) is 1.81. The second-order valence-electron chi connectivity index (χ2n) is 2.54. The van der Waals surface area contributed by atoms with Gasteiger partial charge >= 0.3 is 0 Å². The van der Waals surface area contributed by atoms with Crippen LogP contribution in [0.3, 0.4) is 0 Å². The number of H-pyrrole nitrogens is 1. The molecule has 0 bridgehead atoms. The van der Waals surface area contributed by atoms with Crippen LogP contribution in [0.25, 0.3) is 10.9 Å². The van der Waals surface area contributed by atoms with Gasteiger partial charge in [-0.1, -0.05) is 17.7 Å². The molecule has 0 aliphatic rings. The lowest BCUT2D eigenvalue weighted by Gasteiger charge is -1.92. The molecule has 1 heterocycles. The molecule has 0 aliphatic heterocycles. The van der Waals surface area contributed by atoms with Crippen molar-refractivity contribution in [1.82, 2.24) is 4.98 Å². The minimum atomic E-state index is 0.697. The third kappa shape index (κ3) is 1.51. The Morgan fingerprint density at radius 1 is 1.46 bits per heavy atom. The van der Waals surface area contributed by atoms with Crippen LogP contribution in [0.2, 0.25) is 5.02 Å². The maximum atomic E-state index is 8.53. The lowest BCUT2D eigenvalue weighted by Crippen LogP contribution is -1.67. The number of aromatic nitrogens is 1. The lowest BCUT2D eigenvalue weighted by molar-refractivity contribution is 1.42. The smallest absolute Gasteiger partial charge is 0.138 e. The molecule has 13 heavy (non-hydrogen) atoms. The van der Waals surface area contributed by atoms with E-state index in [1.165, 1.54) is 0 Å². The Kier molecular flexibility index (Phi) is 2.17. The number of halogens is 1. The van der Waals surface area contributed by atoms with Crippen molar-refractivity contribution in [1.29, 1.82) is 5.26 Å². The molecule has 1 aromatic carbocycles. The van der Waals surface area contributed by atoms with Crippen molar-refractivity contribution < 1.29 is 0 Å². The number of aromatic amines is 1. The Morgan fingerprint density at radius 2 is 2.31 bits per heavy atom. The Morgan fingerprint density at radius 3 is 3.08 bits per heavy atom. The number of hydrogen-bond donors (Lipinski definition) is 1. The van der Waals surface area contributed by atoms with Crippen LogP contribution in [0.1, 0.15) is 0 Å². The zero-order valence-corrected chi connectivity index (χ0v) is 8.12. The monoisotopic (exact) mass is 208 g/mol.